The second kappa shape index (κ2) is 55.7. The Bertz CT molecular complexity index is 1410. The summed E-state index contributed by atoms with van der Waals surface area (Å²) in [7, 11) is 0. The highest BCUT2D eigenvalue weighted by atomic mass is 16.6. The van der Waals surface area contributed by atoms with Crippen LogP contribution in [-0.2, 0) is 28.6 Å². The van der Waals surface area contributed by atoms with Crippen molar-refractivity contribution in [1.29, 1.82) is 0 Å². The molecule has 0 N–H and O–H groups in total. The molecule has 0 aliphatic heterocycles. The van der Waals surface area contributed by atoms with Crippen LogP contribution in [0.1, 0.15) is 245 Å². The van der Waals surface area contributed by atoms with Crippen LogP contribution in [0.5, 0.6) is 0 Å². The lowest BCUT2D eigenvalue weighted by atomic mass is 10.1. The lowest BCUT2D eigenvalue weighted by Crippen LogP contribution is -2.30. The SMILES string of the molecule is CC/C=C\C/C=C\C/C=C\C/C=C\C/C=C\CCCCCCCC(=O)OCC(COC(=O)CCCCCCC/C=C\CCCCC)OC(=O)CCCCCCCCC/C=C\C/C=C\C/C=C\CC. The molecule has 0 spiro atoms. The summed E-state index contributed by atoms with van der Waals surface area (Å²) in [5.41, 5.74) is 0. The smallest absolute Gasteiger partial charge is 0.306 e. The van der Waals surface area contributed by atoms with Gasteiger partial charge in [0.25, 0.3) is 0 Å². The first-order valence-corrected chi connectivity index (χ1v) is 27.9. The Kier molecular flexibility index (Phi) is 52.4. The van der Waals surface area contributed by atoms with Crippen molar-refractivity contribution in [2.75, 3.05) is 13.2 Å². The van der Waals surface area contributed by atoms with Crippen molar-refractivity contribution in [1.82, 2.24) is 0 Å². The molecule has 0 aliphatic carbocycles. The second-order valence-electron chi connectivity index (χ2n) is 18.1. The third-order valence-electron chi connectivity index (χ3n) is 11.5. The van der Waals surface area contributed by atoms with Gasteiger partial charge in [0.2, 0.25) is 0 Å². The molecule has 0 aromatic carbocycles. The fourth-order valence-corrected chi connectivity index (χ4v) is 7.36. The van der Waals surface area contributed by atoms with E-state index in [-0.39, 0.29) is 31.1 Å². The molecule has 1 unspecified atom stereocenters. The first-order valence-electron chi connectivity index (χ1n) is 27.9. The Morgan fingerprint density at radius 3 is 0.912 bits per heavy atom. The average Bonchev–Trinajstić information content (AvgIpc) is 3.34. The van der Waals surface area contributed by atoms with Gasteiger partial charge >= 0.3 is 17.9 Å². The van der Waals surface area contributed by atoms with Crippen LogP contribution >= 0.6 is 0 Å². The van der Waals surface area contributed by atoms with Crippen LogP contribution < -0.4 is 0 Å². The van der Waals surface area contributed by atoms with E-state index in [0.29, 0.717) is 19.3 Å². The molecule has 1 atom stereocenters. The first kappa shape index (κ1) is 64.1. The van der Waals surface area contributed by atoms with E-state index in [1.165, 1.54) is 57.8 Å². The van der Waals surface area contributed by atoms with Crippen LogP contribution in [0.25, 0.3) is 0 Å². The number of esters is 3. The Morgan fingerprint density at radius 1 is 0.309 bits per heavy atom. The van der Waals surface area contributed by atoms with Gasteiger partial charge in [-0.25, -0.2) is 0 Å². The van der Waals surface area contributed by atoms with Gasteiger partial charge in [0, 0.05) is 19.3 Å². The van der Waals surface area contributed by atoms with Gasteiger partial charge in [0.15, 0.2) is 6.10 Å². The largest absolute Gasteiger partial charge is 0.462 e. The average molecular weight is 943 g/mol. The normalized spacial score (nSPS) is 12.9. The molecule has 0 rings (SSSR count). The molecule has 0 amide bonds. The van der Waals surface area contributed by atoms with Crippen LogP contribution in [0, 0.1) is 0 Å². The highest BCUT2D eigenvalue weighted by molar-refractivity contribution is 5.71. The highest BCUT2D eigenvalue weighted by Crippen LogP contribution is 2.14. The van der Waals surface area contributed by atoms with Gasteiger partial charge < -0.3 is 14.2 Å². The number of allylic oxidation sites excluding steroid dienone is 18. The van der Waals surface area contributed by atoms with Crippen molar-refractivity contribution < 1.29 is 28.6 Å². The lowest BCUT2D eigenvalue weighted by Gasteiger charge is -2.18. The molecule has 0 fully saturated rings. The van der Waals surface area contributed by atoms with Crippen molar-refractivity contribution in [3.63, 3.8) is 0 Å². The zero-order chi connectivity index (χ0) is 49.3. The number of unbranched alkanes of at least 4 members (excludes halogenated alkanes) is 20. The minimum Gasteiger partial charge on any atom is -0.462 e. The molecule has 0 radical (unpaired) electrons. The predicted octanol–water partition coefficient (Wildman–Crippen LogP) is 18.7. The maximum absolute atomic E-state index is 12.8. The van der Waals surface area contributed by atoms with E-state index < -0.39 is 6.10 Å². The fourth-order valence-electron chi connectivity index (χ4n) is 7.36. The number of hydrogen-bond acceptors (Lipinski definition) is 6. The molecule has 0 saturated heterocycles. The topological polar surface area (TPSA) is 78.9 Å². The van der Waals surface area contributed by atoms with Crippen LogP contribution in [0.15, 0.2) is 109 Å². The second-order valence-corrected chi connectivity index (χ2v) is 18.1. The van der Waals surface area contributed by atoms with Gasteiger partial charge in [-0.2, -0.15) is 0 Å². The molecule has 0 bridgehead atoms. The molecule has 386 valence electrons. The Morgan fingerprint density at radius 2 is 0.574 bits per heavy atom. The van der Waals surface area contributed by atoms with Crippen LogP contribution in [0.4, 0.5) is 0 Å². The van der Waals surface area contributed by atoms with Crippen molar-refractivity contribution in [3.8, 4) is 0 Å². The summed E-state index contributed by atoms with van der Waals surface area (Å²) in [4.78, 5) is 38.1. The minimum atomic E-state index is -0.797. The van der Waals surface area contributed by atoms with E-state index in [9.17, 15) is 14.4 Å². The summed E-state index contributed by atoms with van der Waals surface area (Å²) in [6.07, 6.45) is 75.0. The molecule has 6 nitrogen and oxygen atoms in total. The third kappa shape index (κ3) is 53.0. The van der Waals surface area contributed by atoms with E-state index >= 15 is 0 Å². The molecular formula is C62H102O6. The van der Waals surface area contributed by atoms with Crippen LogP contribution in [-0.4, -0.2) is 37.2 Å². The van der Waals surface area contributed by atoms with Gasteiger partial charge in [-0.1, -0.05) is 214 Å². The van der Waals surface area contributed by atoms with Gasteiger partial charge in [0.1, 0.15) is 13.2 Å². The van der Waals surface area contributed by atoms with Gasteiger partial charge in [-0.3, -0.25) is 14.4 Å². The standard InChI is InChI=1S/C62H102O6/c1-4-7-10-13-16-19-22-25-27-29-30-31-32-34-35-37-40-43-46-49-52-55-61(64)67-58-59(57-66-60(63)54-51-48-45-42-39-24-21-18-15-12-9-6-3)68-62(65)56-53-50-47-44-41-38-36-33-28-26-23-20-17-14-11-8-5-2/h7-8,10-11,16-21,25-28,30-31,34-35,59H,4-6,9,12-15,22-24,29,32-33,36-58H2,1-3H3/b10-7-,11-8-,19-16-,20-17-,21-18-,27-25-,28-26-,31-30-,35-34-. The monoisotopic (exact) mass is 943 g/mol. The van der Waals surface area contributed by atoms with Gasteiger partial charge in [-0.15, -0.1) is 0 Å². The highest BCUT2D eigenvalue weighted by Gasteiger charge is 2.19. The molecular weight excluding hydrogens is 841 g/mol. The number of rotatable bonds is 49. The zero-order valence-electron chi connectivity index (χ0n) is 44.1. The molecule has 68 heavy (non-hydrogen) atoms. The van der Waals surface area contributed by atoms with Crippen molar-refractivity contribution in [2.45, 2.75) is 252 Å². The van der Waals surface area contributed by atoms with E-state index in [4.69, 9.17) is 14.2 Å². The quantitative estimate of drug-likeness (QED) is 0.0262. The zero-order valence-corrected chi connectivity index (χ0v) is 44.1. The lowest BCUT2D eigenvalue weighted by molar-refractivity contribution is -0.167. The Labute approximate surface area is 419 Å². The Balaban J connectivity index is 4.43. The maximum atomic E-state index is 12.8. The van der Waals surface area contributed by atoms with Crippen molar-refractivity contribution in [2.24, 2.45) is 0 Å². The maximum Gasteiger partial charge on any atom is 0.306 e. The third-order valence-corrected chi connectivity index (χ3v) is 11.5. The molecule has 6 heteroatoms. The van der Waals surface area contributed by atoms with E-state index in [1.807, 2.05) is 0 Å². The van der Waals surface area contributed by atoms with Crippen LogP contribution in [0.2, 0.25) is 0 Å². The molecule has 0 aromatic heterocycles. The summed E-state index contributed by atoms with van der Waals surface area (Å²) in [6, 6.07) is 0. The summed E-state index contributed by atoms with van der Waals surface area (Å²) in [6.45, 7) is 6.36. The summed E-state index contributed by atoms with van der Waals surface area (Å²) >= 11 is 0. The van der Waals surface area contributed by atoms with Gasteiger partial charge in [0.05, 0.1) is 0 Å². The minimum absolute atomic E-state index is 0.0944. The Hall–Kier alpha value is -3.93. The van der Waals surface area contributed by atoms with Crippen molar-refractivity contribution in [3.05, 3.63) is 109 Å². The predicted molar refractivity (Wildman–Crippen MR) is 293 cm³/mol. The number of carbonyl (C=O) groups excluding carboxylic acids is 3. The number of carbonyl (C=O) groups is 3. The van der Waals surface area contributed by atoms with Crippen LogP contribution in [0.3, 0.4) is 0 Å². The van der Waals surface area contributed by atoms with Gasteiger partial charge in [-0.05, 0) is 122 Å². The molecule has 0 aliphatic rings. The fraction of sp³-hybridized carbons (Fsp3) is 0.661. The van der Waals surface area contributed by atoms with E-state index in [0.717, 1.165) is 148 Å². The molecule has 0 heterocycles. The summed E-state index contributed by atoms with van der Waals surface area (Å²) in [5.74, 6) is -0.933. The summed E-state index contributed by atoms with van der Waals surface area (Å²) in [5, 5.41) is 0. The first-order chi connectivity index (χ1) is 33.5. The molecule has 0 aromatic rings. The van der Waals surface area contributed by atoms with Crippen molar-refractivity contribution >= 4 is 17.9 Å². The number of hydrogen-bond donors (Lipinski definition) is 0. The van der Waals surface area contributed by atoms with E-state index in [2.05, 4.69) is 130 Å². The summed E-state index contributed by atoms with van der Waals surface area (Å²) < 4.78 is 16.8. The molecule has 0 saturated carbocycles. The number of ether oxygens (including phenoxy) is 3. The van der Waals surface area contributed by atoms with E-state index in [1.54, 1.807) is 0 Å².